The number of aliphatic carboxylic acids is 4. The molecule has 0 aliphatic heterocycles. The minimum absolute atomic E-state index is 0. The fraction of sp³-hybridized carbons (Fsp3) is 0.800. The van der Waals surface area contributed by atoms with Gasteiger partial charge in [0.2, 0.25) is 0 Å². The maximum Gasteiger partial charge on any atom is 4.00 e. The SMILES string of the molecule is COC(C)(C)C(=O)[O-].COC(C)(C)C(=O)[O-].COC(C)(C)C(=O)[O-].COC(C)(C)C(=O)[O-].[Hf+4]. The molecule has 0 unspecified atom stereocenters. The summed E-state index contributed by atoms with van der Waals surface area (Å²) in [7, 11) is 5.32. The minimum atomic E-state index is -1.19. The molecule has 12 nitrogen and oxygen atoms in total. The topological polar surface area (TPSA) is 197 Å². The van der Waals surface area contributed by atoms with Gasteiger partial charge in [0.05, 0.1) is 23.9 Å². The largest absolute Gasteiger partial charge is 4.00 e. The first-order valence-corrected chi connectivity index (χ1v) is 9.08. The van der Waals surface area contributed by atoms with Crippen LogP contribution in [0, 0.1) is 0 Å². The Morgan fingerprint density at radius 2 is 0.515 bits per heavy atom. The number of carbonyl (C=O) groups is 4. The zero-order valence-electron chi connectivity index (χ0n) is 21.4. The molecule has 0 heterocycles. The molecular formula is C20H36HfO12. The fourth-order valence-corrected chi connectivity index (χ4v) is 0.333. The molecule has 0 amide bonds. The van der Waals surface area contributed by atoms with Gasteiger partial charge in [-0.3, -0.25) is 0 Å². The van der Waals surface area contributed by atoms with Gasteiger partial charge in [-0.1, -0.05) is 0 Å². The van der Waals surface area contributed by atoms with Gasteiger partial charge in [-0.15, -0.1) is 0 Å². The molecule has 0 aliphatic carbocycles. The van der Waals surface area contributed by atoms with Crippen molar-refractivity contribution in [3.63, 3.8) is 0 Å². The van der Waals surface area contributed by atoms with Crippen LogP contribution in [0.5, 0.6) is 0 Å². The molecule has 0 saturated heterocycles. The van der Waals surface area contributed by atoms with Gasteiger partial charge < -0.3 is 58.6 Å². The zero-order chi connectivity index (χ0) is 27.1. The zero-order valence-corrected chi connectivity index (χ0v) is 25.0. The Balaban J connectivity index is -0.000000105. The fourth-order valence-electron chi connectivity index (χ4n) is 0.333. The maximum absolute atomic E-state index is 10.0. The Bertz CT molecular complexity index is 494. The van der Waals surface area contributed by atoms with E-state index >= 15 is 0 Å². The standard InChI is InChI=1S/4C5H10O3.Hf/c4*1-5(2,8-3)4(6)7;/h4*1-3H3,(H,6,7);/q;;;;+4/p-4. The molecule has 0 aromatic rings. The van der Waals surface area contributed by atoms with Crippen molar-refractivity contribution in [3.05, 3.63) is 0 Å². The summed E-state index contributed by atoms with van der Waals surface area (Å²) in [5, 5.41) is 40.1. The Morgan fingerprint density at radius 1 is 0.424 bits per heavy atom. The minimum Gasteiger partial charge on any atom is -0.547 e. The first kappa shape index (κ1) is 41.8. The van der Waals surface area contributed by atoms with E-state index in [-0.39, 0.29) is 25.8 Å². The second-order valence-electron chi connectivity index (χ2n) is 8.01. The van der Waals surface area contributed by atoms with Crippen LogP contribution >= 0.6 is 0 Å². The molecule has 192 valence electrons. The van der Waals surface area contributed by atoms with Gasteiger partial charge in [-0.25, -0.2) is 0 Å². The van der Waals surface area contributed by atoms with Gasteiger partial charge in [0, 0.05) is 28.4 Å². The number of ether oxygens (including phenoxy) is 4. The third kappa shape index (κ3) is 20.9. The van der Waals surface area contributed by atoms with E-state index < -0.39 is 46.3 Å². The third-order valence-electron chi connectivity index (χ3n) is 4.01. The van der Waals surface area contributed by atoms with Gasteiger partial charge in [-0.2, -0.15) is 0 Å². The molecule has 0 radical (unpaired) electrons. The summed E-state index contributed by atoms with van der Waals surface area (Å²) in [6.07, 6.45) is 0. The molecular weight excluding hydrogens is 611 g/mol. The molecule has 33 heavy (non-hydrogen) atoms. The molecule has 0 N–H and O–H groups in total. The second kappa shape index (κ2) is 18.0. The third-order valence-corrected chi connectivity index (χ3v) is 4.01. The van der Waals surface area contributed by atoms with Gasteiger partial charge in [0.15, 0.2) is 0 Å². The quantitative estimate of drug-likeness (QED) is 0.238. The summed E-state index contributed by atoms with van der Waals surface area (Å²) in [5.41, 5.74) is -4.61. The molecule has 0 saturated carbocycles. The van der Waals surface area contributed by atoms with Gasteiger partial charge >= 0.3 is 25.8 Å². The van der Waals surface area contributed by atoms with E-state index in [1.165, 1.54) is 83.8 Å². The van der Waals surface area contributed by atoms with E-state index in [1.807, 2.05) is 0 Å². The van der Waals surface area contributed by atoms with Crippen LogP contribution in [-0.2, 0) is 64.0 Å². The summed E-state index contributed by atoms with van der Waals surface area (Å²) in [6.45, 7) is 11.5. The van der Waals surface area contributed by atoms with Gasteiger partial charge in [0.25, 0.3) is 0 Å². The summed E-state index contributed by atoms with van der Waals surface area (Å²) in [6, 6.07) is 0. The van der Waals surface area contributed by atoms with Crippen LogP contribution in [0.1, 0.15) is 55.4 Å². The number of carbonyl (C=O) groups excluding carboxylic acids is 4. The number of carboxylic acids is 4. The summed E-state index contributed by atoms with van der Waals surface area (Å²) in [5.74, 6) is -4.78. The van der Waals surface area contributed by atoms with Crippen LogP contribution in [0.2, 0.25) is 0 Å². The van der Waals surface area contributed by atoms with E-state index in [0.717, 1.165) is 0 Å². The smallest absolute Gasteiger partial charge is 0.547 e. The molecule has 0 aliphatic rings. The normalized spacial score (nSPS) is 11.0. The van der Waals surface area contributed by atoms with E-state index in [2.05, 4.69) is 18.9 Å². The predicted molar refractivity (Wildman–Crippen MR) is 104 cm³/mol. The maximum atomic E-state index is 10.0. The van der Waals surface area contributed by atoms with Crippen LogP contribution < -0.4 is 20.4 Å². The van der Waals surface area contributed by atoms with Crippen LogP contribution in [0.15, 0.2) is 0 Å². The van der Waals surface area contributed by atoms with E-state index in [1.54, 1.807) is 0 Å². The van der Waals surface area contributed by atoms with Crippen molar-refractivity contribution in [2.75, 3.05) is 28.4 Å². The van der Waals surface area contributed by atoms with Gasteiger partial charge in [0.1, 0.15) is 22.4 Å². The summed E-state index contributed by atoms with van der Waals surface area (Å²) < 4.78 is 18.1. The number of hydrogen-bond acceptors (Lipinski definition) is 12. The van der Waals surface area contributed by atoms with Crippen molar-refractivity contribution in [1.29, 1.82) is 0 Å². The number of methoxy groups -OCH3 is 4. The molecule has 13 heteroatoms. The Kier molecular flexibility index (Phi) is 22.8. The van der Waals surface area contributed by atoms with Crippen LogP contribution in [0.4, 0.5) is 0 Å². The van der Waals surface area contributed by atoms with Crippen molar-refractivity contribution in [2.24, 2.45) is 0 Å². The summed E-state index contributed by atoms with van der Waals surface area (Å²) in [4.78, 5) is 40.1. The van der Waals surface area contributed by atoms with E-state index in [4.69, 9.17) is 0 Å². The molecule has 0 atom stereocenters. The Hall–Kier alpha value is -1.41. The van der Waals surface area contributed by atoms with Crippen LogP contribution in [0.25, 0.3) is 0 Å². The van der Waals surface area contributed by atoms with Crippen LogP contribution in [0.3, 0.4) is 0 Å². The number of carboxylic acid groups (broad SMARTS) is 4. The number of rotatable bonds is 8. The average molecular weight is 647 g/mol. The average Bonchev–Trinajstić information content (AvgIpc) is 2.68. The Labute approximate surface area is 214 Å². The molecule has 0 aromatic heterocycles. The summed E-state index contributed by atoms with van der Waals surface area (Å²) >= 11 is 0. The first-order valence-electron chi connectivity index (χ1n) is 9.08. The van der Waals surface area contributed by atoms with Crippen molar-refractivity contribution < 1.29 is 84.4 Å². The predicted octanol–water partition coefficient (Wildman–Crippen LogP) is -3.36. The first-order chi connectivity index (χ1) is 14.0. The van der Waals surface area contributed by atoms with Crippen molar-refractivity contribution in [2.45, 2.75) is 77.8 Å². The Morgan fingerprint density at radius 3 is 0.515 bits per heavy atom. The molecule has 0 fully saturated rings. The molecule has 0 bridgehead atoms. The molecule has 0 spiro atoms. The van der Waals surface area contributed by atoms with Gasteiger partial charge in [-0.05, 0) is 55.4 Å². The van der Waals surface area contributed by atoms with Crippen molar-refractivity contribution in [1.82, 2.24) is 0 Å². The molecule has 0 aromatic carbocycles. The second-order valence-corrected chi connectivity index (χ2v) is 8.01. The molecule has 0 rings (SSSR count). The number of hydrogen-bond donors (Lipinski definition) is 0. The monoisotopic (exact) mass is 648 g/mol. The van der Waals surface area contributed by atoms with Crippen LogP contribution in [-0.4, -0.2) is 74.7 Å². The van der Waals surface area contributed by atoms with Crippen molar-refractivity contribution >= 4 is 23.9 Å². The van der Waals surface area contributed by atoms with E-state index in [9.17, 15) is 39.6 Å². The van der Waals surface area contributed by atoms with Crippen molar-refractivity contribution in [3.8, 4) is 0 Å². The van der Waals surface area contributed by atoms with E-state index in [0.29, 0.717) is 0 Å².